The zero-order valence-electron chi connectivity index (χ0n) is 16.2. The van der Waals surface area contributed by atoms with E-state index in [9.17, 15) is 14.0 Å². The fourth-order valence-corrected chi connectivity index (χ4v) is 4.25. The second kappa shape index (κ2) is 7.87. The number of carbonyl (C=O) groups excluding carboxylic acids is 1. The molecule has 1 amide bonds. The Labute approximate surface area is 164 Å². The molecule has 0 aliphatic carbocycles. The minimum atomic E-state index is -0.335. The lowest BCUT2D eigenvalue weighted by atomic mass is 10.0. The molecule has 0 spiro atoms. The normalized spacial score (nSPS) is 18.6. The molecule has 0 radical (unpaired) electrons. The zero-order valence-corrected chi connectivity index (χ0v) is 16.2. The lowest BCUT2D eigenvalue weighted by Gasteiger charge is -2.36. The van der Waals surface area contributed by atoms with Gasteiger partial charge in [0, 0.05) is 31.0 Å². The second-order valence-electron chi connectivity index (χ2n) is 7.79. The number of rotatable bonds is 3. The van der Waals surface area contributed by atoms with E-state index in [1.54, 1.807) is 24.4 Å². The van der Waals surface area contributed by atoms with Gasteiger partial charge in [-0.1, -0.05) is 6.42 Å². The molecule has 5 nitrogen and oxygen atoms in total. The molecule has 1 aromatic heterocycles. The van der Waals surface area contributed by atoms with Crippen LogP contribution in [0.15, 0.2) is 41.3 Å². The van der Waals surface area contributed by atoms with Crippen molar-refractivity contribution in [2.24, 2.45) is 0 Å². The molecule has 1 atom stereocenters. The van der Waals surface area contributed by atoms with Crippen molar-refractivity contribution in [2.45, 2.75) is 45.2 Å². The van der Waals surface area contributed by atoms with Crippen LogP contribution in [0.3, 0.4) is 0 Å². The summed E-state index contributed by atoms with van der Waals surface area (Å²) in [5.74, 6) is -0.176. The maximum atomic E-state index is 13.2. The fourth-order valence-electron chi connectivity index (χ4n) is 4.25. The van der Waals surface area contributed by atoms with Crippen molar-refractivity contribution in [3.63, 3.8) is 0 Å². The highest BCUT2D eigenvalue weighted by Gasteiger charge is 2.29. The molecule has 28 heavy (non-hydrogen) atoms. The maximum Gasteiger partial charge on any atom is 0.255 e. The molecule has 0 saturated carbocycles. The number of nitrogens with zero attached hydrogens (tertiary/aromatic N) is 3. The molecular weight excluding hydrogens is 357 g/mol. The number of fused-ring (bicyclic) bond motifs is 1. The Hall–Kier alpha value is -2.47. The number of hydrogen-bond acceptors (Lipinski definition) is 3. The van der Waals surface area contributed by atoms with Crippen LogP contribution in [0.1, 0.15) is 37.3 Å². The Morgan fingerprint density at radius 1 is 1.04 bits per heavy atom. The van der Waals surface area contributed by atoms with Crippen LogP contribution in [0.5, 0.6) is 0 Å². The van der Waals surface area contributed by atoms with E-state index in [1.165, 1.54) is 23.1 Å². The first-order chi connectivity index (χ1) is 13.5. The lowest BCUT2D eigenvalue weighted by Crippen LogP contribution is -2.50. The summed E-state index contributed by atoms with van der Waals surface area (Å²) in [4.78, 5) is 29.7. The number of benzene rings is 1. The first kappa shape index (κ1) is 18.9. The SMILES string of the molecule is CC(C(=O)N1CCc2cc(=O)n(-c3ccc(F)cc3)cc2C1)N1CCCCC1. The van der Waals surface area contributed by atoms with Crippen molar-refractivity contribution >= 4 is 5.91 Å². The van der Waals surface area contributed by atoms with Crippen molar-refractivity contribution in [1.82, 2.24) is 14.4 Å². The number of pyridine rings is 1. The topological polar surface area (TPSA) is 45.6 Å². The summed E-state index contributed by atoms with van der Waals surface area (Å²) in [7, 11) is 0. The predicted octanol–water partition coefficient (Wildman–Crippen LogP) is 2.74. The van der Waals surface area contributed by atoms with Crippen molar-refractivity contribution in [2.75, 3.05) is 19.6 Å². The molecule has 0 bridgehead atoms. The minimum Gasteiger partial charge on any atom is -0.337 e. The van der Waals surface area contributed by atoms with Crippen LogP contribution in [-0.4, -0.2) is 46.0 Å². The number of amides is 1. The predicted molar refractivity (Wildman–Crippen MR) is 106 cm³/mol. The largest absolute Gasteiger partial charge is 0.337 e. The van der Waals surface area contributed by atoms with Gasteiger partial charge < -0.3 is 4.90 Å². The number of likely N-dealkylation sites (tertiary alicyclic amines) is 1. The first-order valence-corrected chi connectivity index (χ1v) is 10.1. The summed E-state index contributed by atoms with van der Waals surface area (Å²) in [5.41, 5.74) is 2.47. The van der Waals surface area contributed by atoms with E-state index in [4.69, 9.17) is 0 Å². The number of hydrogen-bond donors (Lipinski definition) is 0. The Balaban J connectivity index is 1.55. The highest BCUT2D eigenvalue weighted by molar-refractivity contribution is 5.81. The molecule has 1 saturated heterocycles. The average molecular weight is 383 g/mol. The third-order valence-corrected chi connectivity index (χ3v) is 5.96. The van der Waals surface area contributed by atoms with Gasteiger partial charge >= 0.3 is 0 Å². The van der Waals surface area contributed by atoms with E-state index in [2.05, 4.69) is 4.90 Å². The van der Waals surface area contributed by atoms with Gasteiger partial charge in [-0.2, -0.15) is 0 Å². The highest BCUT2D eigenvalue weighted by atomic mass is 19.1. The van der Waals surface area contributed by atoms with Crippen molar-refractivity contribution in [1.29, 1.82) is 0 Å². The van der Waals surface area contributed by atoms with Gasteiger partial charge in [0.15, 0.2) is 0 Å². The monoisotopic (exact) mass is 383 g/mol. The van der Waals surface area contributed by atoms with Gasteiger partial charge in [-0.3, -0.25) is 19.1 Å². The molecule has 2 aliphatic heterocycles. The van der Waals surface area contributed by atoms with Gasteiger partial charge in [-0.05, 0) is 74.7 Å². The number of halogens is 1. The Morgan fingerprint density at radius 2 is 1.75 bits per heavy atom. The highest BCUT2D eigenvalue weighted by Crippen LogP contribution is 2.21. The molecular formula is C22H26FN3O2. The van der Waals surface area contributed by atoms with E-state index in [0.29, 0.717) is 25.2 Å². The van der Waals surface area contributed by atoms with Gasteiger partial charge in [-0.15, -0.1) is 0 Å². The summed E-state index contributed by atoms with van der Waals surface area (Å²) in [6.07, 6.45) is 6.05. The minimum absolute atomic E-state index is 0.107. The van der Waals surface area contributed by atoms with Gasteiger partial charge in [0.25, 0.3) is 5.56 Å². The van der Waals surface area contributed by atoms with E-state index < -0.39 is 0 Å². The smallest absolute Gasteiger partial charge is 0.255 e. The van der Waals surface area contributed by atoms with Gasteiger partial charge in [0.1, 0.15) is 5.82 Å². The molecule has 1 aromatic carbocycles. The van der Waals surface area contributed by atoms with Gasteiger partial charge in [-0.25, -0.2) is 4.39 Å². The molecule has 0 N–H and O–H groups in total. The summed E-state index contributed by atoms with van der Waals surface area (Å²) >= 11 is 0. The summed E-state index contributed by atoms with van der Waals surface area (Å²) in [6, 6.07) is 7.41. The van der Waals surface area contributed by atoms with E-state index in [0.717, 1.165) is 37.1 Å². The van der Waals surface area contributed by atoms with E-state index in [-0.39, 0.29) is 23.3 Å². The van der Waals surface area contributed by atoms with Crippen molar-refractivity contribution in [3.8, 4) is 5.69 Å². The van der Waals surface area contributed by atoms with Crippen LogP contribution in [0.2, 0.25) is 0 Å². The third-order valence-electron chi connectivity index (χ3n) is 5.96. The number of carbonyl (C=O) groups is 1. The number of piperidine rings is 1. The first-order valence-electron chi connectivity index (χ1n) is 10.1. The van der Waals surface area contributed by atoms with Crippen LogP contribution in [0.25, 0.3) is 5.69 Å². The maximum absolute atomic E-state index is 13.2. The van der Waals surface area contributed by atoms with Crippen molar-refractivity contribution < 1.29 is 9.18 Å². The number of aromatic nitrogens is 1. The van der Waals surface area contributed by atoms with Crippen molar-refractivity contribution in [3.05, 3.63) is 63.8 Å². The molecule has 1 unspecified atom stereocenters. The third kappa shape index (κ3) is 3.74. The fraction of sp³-hybridized carbons (Fsp3) is 0.455. The Bertz CT molecular complexity index is 916. The second-order valence-corrected chi connectivity index (χ2v) is 7.79. The summed E-state index contributed by atoms with van der Waals surface area (Å²) < 4.78 is 14.7. The summed E-state index contributed by atoms with van der Waals surface area (Å²) in [5, 5.41) is 0. The standard InChI is InChI=1S/C22H26FN3O2/c1-16(24-10-3-2-4-11-24)22(28)25-12-9-17-13-21(27)26(15-18(17)14-25)20-7-5-19(23)6-8-20/h5-8,13,15-16H,2-4,9-12,14H2,1H3. The molecule has 148 valence electrons. The quantitative estimate of drug-likeness (QED) is 0.819. The molecule has 6 heteroatoms. The molecule has 2 aliphatic rings. The Morgan fingerprint density at radius 3 is 2.46 bits per heavy atom. The van der Waals surface area contributed by atoms with Crippen LogP contribution in [0.4, 0.5) is 4.39 Å². The van der Waals surface area contributed by atoms with Crippen LogP contribution < -0.4 is 5.56 Å². The lowest BCUT2D eigenvalue weighted by molar-refractivity contribution is -0.137. The molecule has 1 fully saturated rings. The summed E-state index contributed by atoms with van der Waals surface area (Å²) in [6.45, 7) is 5.13. The van der Waals surface area contributed by atoms with Crippen LogP contribution in [-0.2, 0) is 17.8 Å². The van der Waals surface area contributed by atoms with Gasteiger partial charge in [0.2, 0.25) is 5.91 Å². The molecule has 3 heterocycles. The molecule has 4 rings (SSSR count). The van der Waals surface area contributed by atoms with Crippen LogP contribution >= 0.6 is 0 Å². The van der Waals surface area contributed by atoms with Crippen LogP contribution in [0, 0.1) is 5.82 Å². The zero-order chi connectivity index (χ0) is 19.7. The average Bonchev–Trinajstić information content (AvgIpc) is 2.73. The molecule has 2 aromatic rings. The van der Waals surface area contributed by atoms with E-state index in [1.807, 2.05) is 11.8 Å². The van der Waals surface area contributed by atoms with E-state index >= 15 is 0 Å². The van der Waals surface area contributed by atoms with Gasteiger partial charge in [0.05, 0.1) is 6.04 Å². The Kier molecular flexibility index (Phi) is 5.31.